The van der Waals surface area contributed by atoms with Crippen molar-refractivity contribution in [1.29, 1.82) is 0 Å². The highest BCUT2D eigenvalue weighted by molar-refractivity contribution is 5.84. The molecule has 3 aromatic heterocycles. The SMILES string of the molecule is COc1c(C)cnc(Cn2cc([C@](C)(O)CO)c3c(C)nc(N)nc32)c1C. The first kappa shape index (κ1) is 19.1. The van der Waals surface area contributed by atoms with Gasteiger partial charge in [-0.25, -0.2) is 4.98 Å². The van der Waals surface area contributed by atoms with Crippen LogP contribution in [0.4, 0.5) is 5.95 Å². The van der Waals surface area contributed by atoms with Gasteiger partial charge in [0.1, 0.15) is 17.0 Å². The second-order valence-corrected chi connectivity index (χ2v) is 7.01. The number of hydrogen-bond acceptors (Lipinski definition) is 7. The van der Waals surface area contributed by atoms with Crippen molar-refractivity contribution in [2.75, 3.05) is 19.5 Å². The van der Waals surface area contributed by atoms with E-state index in [4.69, 9.17) is 10.5 Å². The van der Waals surface area contributed by atoms with Gasteiger partial charge in [-0.05, 0) is 27.7 Å². The van der Waals surface area contributed by atoms with Crippen molar-refractivity contribution < 1.29 is 14.9 Å². The van der Waals surface area contributed by atoms with Gasteiger partial charge in [0.05, 0.1) is 31.6 Å². The van der Waals surface area contributed by atoms with Crippen LogP contribution >= 0.6 is 0 Å². The fourth-order valence-electron chi connectivity index (χ4n) is 3.39. The number of anilines is 1. The number of nitrogens with two attached hydrogens (primary N) is 1. The Balaban J connectivity index is 2.21. The average Bonchev–Trinajstić information content (AvgIpc) is 2.97. The summed E-state index contributed by atoms with van der Waals surface area (Å²) in [6.45, 7) is 7.25. The first-order valence-corrected chi connectivity index (χ1v) is 8.65. The molecule has 0 fully saturated rings. The van der Waals surface area contributed by atoms with Crippen molar-refractivity contribution in [3.8, 4) is 5.75 Å². The van der Waals surface area contributed by atoms with Gasteiger partial charge in [0.25, 0.3) is 0 Å². The number of fused-ring (bicyclic) bond motifs is 1. The maximum absolute atomic E-state index is 10.7. The van der Waals surface area contributed by atoms with Crippen LogP contribution in [0.2, 0.25) is 0 Å². The maximum Gasteiger partial charge on any atom is 0.222 e. The number of aryl methyl sites for hydroxylation is 2. The fourth-order valence-corrected chi connectivity index (χ4v) is 3.39. The molecule has 0 aliphatic carbocycles. The highest BCUT2D eigenvalue weighted by Gasteiger charge is 2.29. The largest absolute Gasteiger partial charge is 0.496 e. The van der Waals surface area contributed by atoms with Gasteiger partial charge in [-0.3, -0.25) is 4.98 Å². The summed E-state index contributed by atoms with van der Waals surface area (Å²) in [5.74, 6) is 0.949. The number of pyridine rings is 1. The summed E-state index contributed by atoms with van der Waals surface area (Å²) in [6, 6.07) is 0. The predicted molar refractivity (Wildman–Crippen MR) is 103 cm³/mol. The quantitative estimate of drug-likeness (QED) is 0.623. The number of nitrogens with zero attached hydrogens (tertiary/aromatic N) is 4. The molecule has 0 aliphatic heterocycles. The Hall–Kier alpha value is -2.71. The third-order valence-corrected chi connectivity index (χ3v) is 4.87. The molecule has 27 heavy (non-hydrogen) atoms. The molecule has 0 saturated carbocycles. The van der Waals surface area contributed by atoms with Crippen LogP contribution in [0.15, 0.2) is 12.4 Å². The molecular formula is C19H25N5O3. The van der Waals surface area contributed by atoms with Gasteiger partial charge in [0.15, 0.2) is 0 Å². The summed E-state index contributed by atoms with van der Waals surface area (Å²) in [7, 11) is 1.64. The van der Waals surface area contributed by atoms with Crippen LogP contribution in [0, 0.1) is 20.8 Å². The molecule has 3 rings (SSSR count). The van der Waals surface area contributed by atoms with E-state index < -0.39 is 12.2 Å². The molecule has 4 N–H and O–H groups in total. The summed E-state index contributed by atoms with van der Waals surface area (Å²) >= 11 is 0. The predicted octanol–water partition coefficient (Wildman–Crippen LogP) is 1.59. The van der Waals surface area contributed by atoms with Crippen molar-refractivity contribution in [2.24, 2.45) is 0 Å². The third-order valence-electron chi connectivity index (χ3n) is 4.87. The number of aromatic nitrogens is 4. The van der Waals surface area contributed by atoms with Gasteiger partial charge in [0, 0.05) is 34.5 Å². The Morgan fingerprint density at radius 2 is 1.96 bits per heavy atom. The summed E-state index contributed by atoms with van der Waals surface area (Å²) in [5, 5.41) is 21.0. The number of nitrogen functional groups attached to an aromatic ring is 1. The summed E-state index contributed by atoms with van der Waals surface area (Å²) in [4.78, 5) is 13.1. The van der Waals surface area contributed by atoms with Gasteiger partial charge in [-0.2, -0.15) is 4.98 Å². The molecule has 3 aromatic rings. The Bertz CT molecular complexity index is 1010. The second-order valence-electron chi connectivity index (χ2n) is 7.01. The van der Waals surface area contributed by atoms with Crippen LogP contribution in [0.3, 0.4) is 0 Å². The van der Waals surface area contributed by atoms with Crippen molar-refractivity contribution in [3.63, 3.8) is 0 Å². The molecule has 1 atom stereocenters. The highest BCUT2D eigenvalue weighted by atomic mass is 16.5. The second kappa shape index (κ2) is 6.79. The minimum Gasteiger partial charge on any atom is -0.496 e. The molecule has 144 valence electrons. The van der Waals surface area contributed by atoms with E-state index in [-0.39, 0.29) is 5.95 Å². The Labute approximate surface area is 157 Å². The van der Waals surface area contributed by atoms with E-state index >= 15 is 0 Å². The van der Waals surface area contributed by atoms with Crippen molar-refractivity contribution >= 4 is 17.0 Å². The number of aliphatic hydroxyl groups is 2. The molecule has 0 radical (unpaired) electrons. The minimum atomic E-state index is -1.43. The number of hydrogen-bond donors (Lipinski definition) is 3. The first-order valence-electron chi connectivity index (χ1n) is 8.65. The molecule has 0 unspecified atom stereocenters. The van der Waals surface area contributed by atoms with Crippen molar-refractivity contribution in [3.05, 3.63) is 40.5 Å². The van der Waals surface area contributed by atoms with E-state index in [1.54, 1.807) is 33.4 Å². The van der Waals surface area contributed by atoms with Crippen LogP contribution in [0.5, 0.6) is 5.75 Å². The average molecular weight is 371 g/mol. The lowest BCUT2D eigenvalue weighted by Crippen LogP contribution is -2.25. The molecule has 0 saturated heterocycles. The minimum absolute atomic E-state index is 0.153. The Morgan fingerprint density at radius 3 is 2.59 bits per heavy atom. The zero-order valence-corrected chi connectivity index (χ0v) is 16.2. The van der Waals surface area contributed by atoms with Crippen LogP contribution in [0.1, 0.15) is 35.0 Å². The molecule has 8 nitrogen and oxygen atoms in total. The van der Waals surface area contributed by atoms with Crippen molar-refractivity contribution in [1.82, 2.24) is 19.5 Å². The molecule has 0 spiro atoms. The lowest BCUT2D eigenvalue weighted by atomic mass is 9.97. The highest BCUT2D eigenvalue weighted by Crippen LogP contribution is 2.33. The van der Waals surface area contributed by atoms with Crippen LogP contribution in [0.25, 0.3) is 11.0 Å². The van der Waals surface area contributed by atoms with Gasteiger partial charge in [0.2, 0.25) is 5.95 Å². The molecule has 3 heterocycles. The van der Waals surface area contributed by atoms with E-state index in [0.29, 0.717) is 28.8 Å². The van der Waals surface area contributed by atoms with Gasteiger partial charge < -0.3 is 25.3 Å². The van der Waals surface area contributed by atoms with E-state index in [0.717, 1.165) is 22.6 Å². The molecule has 0 bridgehead atoms. The Morgan fingerprint density at radius 1 is 1.26 bits per heavy atom. The van der Waals surface area contributed by atoms with Gasteiger partial charge in [-0.15, -0.1) is 0 Å². The molecule has 0 amide bonds. The molecule has 0 aliphatic rings. The lowest BCUT2D eigenvalue weighted by Gasteiger charge is -2.20. The zero-order valence-electron chi connectivity index (χ0n) is 16.2. The number of rotatable bonds is 5. The molecule has 0 aromatic carbocycles. The van der Waals surface area contributed by atoms with Crippen LogP contribution < -0.4 is 10.5 Å². The number of methoxy groups -OCH3 is 1. The normalized spacial score (nSPS) is 13.7. The monoisotopic (exact) mass is 371 g/mol. The van der Waals surface area contributed by atoms with E-state index in [1.165, 1.54) is 0 Å². The molecule has 8 heteroatoms. The van der Waals surface area contributed by atoms with Gasteiger partial charge >= 0.3 is 0 Å². The summed E-state index contributed by atoms with van der Waals surface area (Å²) < 4.78 is 7.35. The number of aliphatic hydroxyl groups excluding tert-OH is 1. The summed E-state index contributed by atoms with van der Waals surface area (Å²) in [5.41, 5.74) is 8.92. The van der Waals surface area contributed by atoms with Crippen LogP contribution in [-0.2, 0) is 12.1 Å². The summed E-state index contributed by atoms with van der Waals surface area (Å²) in [6.07, 6.45) is 3.54. The van der Waals surface area contributed by atoms with E-state index in [1.807, 2.05) is 18.4 Å². The first-order chi connectivity index (χ1) is 12.7. The van der Waals surface area contributed by atoms with E-state index in [9.17, 15) is 10.2 Å². The zero-order chi connectivity index (χ0) is 19.9. The fraction of sp³-hybridized carbons (Fsp3) is 0.421. The van der Waals surface area contributed by atoms with Crippen molar-refractivity contribution in [2.45, 2.75) is 39.8 Å². The van der Waals surface area contributed by atoms with E-state index in [2.05, 4.69) is 15.0 Å². The van der Waals surface area contributed by atoms with Gasteiger partial charge in [-0.1, -0.05) is 0 Å². The topological polar surface area (TPSA) is 119 Å². The maximum atomic E-state index is 10.7. The molecular weight excluding hydrogens is 346 g/mol. The third kappa shape index (κ3) is 3.22. The Kier molecular flexibility index (Phi) is 4.79. The van der Waals surface area contributed by atoms with Crippen LogP contribution in [-0.4, -0.2) is 43.4 Å². The number of ether oxygens (including phenoxy) is 1. The smallest absolute Gasteiger partial charge is 0.222 e. The lowest BCUT2D eigenvalue weighted by molar-refractivity contribution is -0.00122. The standard InChI is InChI=1S/C19H25N5O3/c1-10-6-21-14(11(2)16(10)27-5)8-24-7-13(19(4,26)9-25)15-12(3)22-18(20)23-17(15)24/h6-7,25-26H,8-9H2,1-5H3,(H2,20,22,23)/t19-/m1/s1.